The second-order valence-corrected chi connectivity index (χ2v) is 9.88. The van der Waals surface area contributed by atoms with Gasteiger partial charge in [-0.2, -0.15) is 0 Å². The van der Waals surface area contributed by atoms with Crippen molar-refractivity contribution in [2.24, 2.45) is 0 Å². The second-order valence-electron chi connectivity index (χ2n) is 9.44. The number of carbonyl (C=O) groups excluding carboxylic acids is 3. The quantitative estimate of drug-likeness (QED) is 0.379. The number of anilines is 1. The molecular formula is C29H28ClFN4O5. The molecule has 11 heteroatoms. The number of nitrogens with zero attached hydrogens (tertiary/aromatic N) is 2. The highest BCUT2D eigenvalue weighted by molar-refractivity contribution is 6.30. The maximum absolute atomic E-state index is 14.0. The number of halogens is 2. The predicted molar refractivity (Wildman–Crippen MR) is 147 cm³/mol. The lowest BCUT2D eigenvalue weighted by Crippen LogP contribution is -2.64. The fourth-order valence-electron chi connectivity index (χ4n) is 4.64. The monoisotopic (exact) mass is 566 g/mol. The molecule has 1 aliphatic heterocycles. The molecular weight excluding hydrogens is 539 g/mol. The SMILES string of the molecule is Cc1cccc(C(CC(=O)O)NC(=O)C2N(C(=O)Nc3cccc(Cl)c3)CCCN2C(=O)c2cccc(F)c2)c1. The molecule has 0 saturated carbocycles. The lowest BCUT2D eigenvalue weighted by atomic mass is 10.0. The molecule has 3 N–H and O–H groups in total. The number of rotatable bonds is 7. The summed E-state index contributed by atoms with van der Waals surface area (Å²) in [6.45, 7) is 2.08. The highest BCUT2D eigenvalue weighted by atomic mass is 35.5. The van der Waals surface area contributed by atoms with Crippen LogP contribution in [-0.2, 0) is 9.59 Å². The number of nitrogens with one attached hydrogen (secondary N) is 2. The molecule has 2 atom stereocenters. The van der Waals surface area contributed by atoms with Crippen molar-refractivity contribution in [3.05, 3.63) is 100 Å². The summed E-state index contributed by atoms with van der Waals surface area (Å²) in [6, 6.07) is 16.9. The van der Waals surface area contributed by atoms with Crippen molar-refractivity contribution in [3.8, 4) is 0 Å². The van der Waals surface area contributed by atoms with Gasteiger partial charge in [-0.15, -0.1) is 0 Å². The van der Waals surface area contributed by atoms with E-state index in [9.17, 15) is 28.7 Å². The molecule has 9 nitrogen and oxygen atoms in total. The van der Waals surface area contributed by atoms with Gasteiger partial charge in [-0.1, -0.05) is 53.6 Å². The van der Waals surface area contributed by atoms with Crippen molar-refractivity contribution in [2.75, 3.05) is 18.4 Å². The fourth-order valence-corrected chi connectivity index (χ4v) is 4.83. The van der Waals surface area contributed by atoms with Gasteiger partial charge in [0.05, 0.1) is 12.5 Å². The summed E-state index contributed by atoms with van der Waals surface area (Å²) < 4.78 is 14.0. The molecule has 0 aromatic heterocycles. The molecule has 4 amide bonds. The zero-order valence-electron chi connectivity index (χ0n) is 21.6. The Labute approximate surface area is 235 Å². The van der Waals surface area contributed by atoms with Gasteiger partial charge in [0.25, 0.3) is 11.8 Å². The van der Waals surface area contributed by atoms with Crippen LogP contribution in [0, 0.1) is 12.7 Å². The largest absolute Gasteiger partial charge is 0.481 e. The highest BCUT2D eigenvalue weighted by Gasteiger charge is 2.41. The van der Waals surface area contributed by atoms with Crippen LogP contribution in [0.2, 0.25) is 5.02 Å². The molecule has 0 radical (unpaired) electrons. The third-order valence-corrected chi connectivity index (χ3v) is 6.67. The van der Waals surface area contributed by atoms with Gasteiger partial charge in [0, 0.05) is 29.4 Å². The van der Waals surface area contributed by atoms with Crippen molar-refractivity contribution in [1.29, 1.82) is 0 Å². The summed E-state index contributed by atoms with van der Waals surface area (Å²) in [5, 5.41) is 15.4. The van der Waals surface area contributed by atoms with Crippen LogP contribution in [0.5, 0.6) is 0 Å². The number of carbonyl (C=O) groups is 4. The summed E-state index contributed by atoms with van der Waals surface area (Å²) >= 11 is 6.05. The van der Waals surface area contributed by atoms with E-state index in [1.165, 1.54) is 34.1 Å². The van der Waals surface area contributed by atoms with Crippen molar-refractivity contribution >= 4 is 41.1 Å². The molecule has 0 spiro atoms. The van der Waals surface area contributed by atoms with Gasteiger partial charge in [0.15, 0.2) is 6.17 Å². The van der Waals surface area contributed by atoms with E-state index < -0.39 is 48.3 Å². The van der Waals surface area contributed by atoms with Crippen molar-refractivity contribution in [2.45, 2.75) is 32.0 Å². The van der Waals surface area contributed by atoms with E-state index in [2.05, 4.69) is 10.6 Å². The van der Waals surface area contributed by atoms with E-state index >= 15 is 0 Å². The molecule has 208 valence electrons. The molecule has 0 aliphatic carbocycles. The van der Waals surface area contributed by atoms with Gasteiger partial charge in [0.1, 0.15) is 5.82 Å². The zero-order chi connectivity index (χ0) is 28.8. The maximum Gasteiger partial charge on any atom is 0.323 e. The summed E-state index contributed by atoms with van der Waals surface area (Å²) in [5.74, 6) is -3.16. The van der Waals surface area contributed by atoms with E-state index in [0.29, 0.717) is 22.7 Å². The molecule has 1 saturated heterocycles. The van der Waals surface area contributed by atoms with Crippen molar-refractivity contribution in [1.82, 2.24) is 15.1 Å². The minimum absolute atomic E-state index is 0.00988. The van der Waals surface area contributed by atoms with Crippen LogP contribution in [0.15, 0.2) is 72.8 Å². The first-order chi connectivity index (χ1) is 19.1. The Balaban J connectivity index is 1.69. The lowest BCUT2D eigenvalue weighted by molar-refractivity contribution is -0.138. The molecule has 3 aromatic carbocycles. The number of amides is 4. The number of urea groups is 1. The van der Waals surface area contributed by atoms with E-state index in [-0.39, 0.29) is 18.7 Å². The number of carboxylic acid groups (broad SMARTS) is 1. The third-order valence-electron chi connectivity index (χ3n) is 6.43. The second kappa shape index (κ2) is 12.6. The first-order valence-electron chi connectivity index (χ1n) is 12.6. The molecule has 40 heavy (non-hydrogen) atoms. The topological polar surface area (TPSA) is 119 Å². The highest BCUT2D eigenvalue weighted by Crippen LogP contribution is 2.24. The summed E-state index contributed by atoms with van der Waals surface area (Å²) in [4.78, 5) is 54.9. The number of aryl methyl sites for hydroxylation is 1. The van der Waals surface area contributed by atoms with Gasteiger partial charge in [-0.25, -0.2) is 9.18 Å². The normalized spacial score (nSPS) is 15.7. The first-order valence-corrected chi connectivity index (χ1v) is 13.0. The van der Waals surface area contributed by atoms with Gasteiger partial charge in [0.2, 0.25) is 0 Å². The Kier molecular flexibility index (Phi) is 9.00. The summed E-state index contributed by atoms with van der Waals surface area (Å²) in [6.07, 6.45) is -1.51. The predicted octanol–water partition coefficient (Wildman–Crippen LogP) is 4.83. The zero-order valence-corrected chi connectivity index (χ0v) is 22.4. The summed E-state index contributed by atoms with van der Waals surface area (Å²) in [5.41, 5.74) is 1.82. The van der Waals surface area contributed by atoms with Crippen LogP contribution in [-0.4, -0.2) is 58.0 Å². The first kappa shape index (κ1) is 28.6. The van der Waals surface area contributed by atoms with Gasteiger partial charge < -0.3 is 20.6 Å². The fraction of sp³-hybridized carbons (Fsp3) is 0.241. The Morgan fingerprint density at radius 1 is 1.00 bits per heavy atom. The van der Waals surface area contributed by atoms with Crippen LogP contribution in [0.3, 0.4) is 0 Å². The van der Waals surface area contributed by atoms with Crippen molar-refractivity contribution < 1.29 is 28.7 Å². The van der Waals surface area contributed by atoms with E-state index in [1.807, 2.05) is 13.0 Å². The Bertz CT molecular complexity index is 1430. The minimum atomic E-state index is -1.44. The van der Waals surface area contributed by atoms with Crippen LogP contribution in [0.25, 0.3) is 0 Å². The number of aliphatic carboxylic acids is 1. The van der Waals surface area contributed by atoms with Crippen LogP contribution >= 0.6 is 11.6 Å². The average Bonchev–Trinajstić information content (AvgIpc) is 2.91. The number of hydrogen-bond donors (Lipinski definition) is 3. The number of hydrogen-bond acceptors (Lipinski definition) is 4. The standard InChI is InChI=1S/C29H28ClFN4O5/c1-18-6-2-7-19(14-18)24(17-25(36)37)33-26(38)27-34(28(39)20-8-3-10-22(31)15-20)12-5-13-35(27)29(40)32-23-11-4-9-21(30)16-23/h2-4,6-11,14-16,24,27H,5,12-13,17H2,1H3,(H,32,40)(H,33,38)(H,36,37). The molecule has 1 aliphatic rings. The van der Waals surface area contributed by atoms with E-state index in [1.54, 1.807) is 36.4 Å². The molecule has 3 aromatic rings. The van der Waals surface area contributed by atoms with Crippen molar-refractivity contribution in [3.63, 3.8) is 0 Å². The molecule has 1 heterocycles. The van der Waals surface area contributed by atoms with E-state index in [0.717, 1.165) is 11.6 Å². The third kappa shape index (κ3) is 6.95. The van der Waals surface area contributed by atoms with Gasteiger partial charge >= 0.3 is 12.0 Å². The Morgan fingerprint density at radius 2 is 1.73 bits per heavy atom. The van der Waals surface area contributed by atoms with Crippen LogP contribution in [0.1, 0.15) is 40.4 Å². The average molecular weight is 567 g/mol. The number of carboxylic acids is 1. The minimum Gasteiger partial charge on any atom is -0.481 e. The van der Waals surface area contributed by atoms with E-state index in [4.69, 9.17) is 11.6 Å². The van der Waals surface area contributed by atoms with Crippen LogP contribution in [0.4, 0.5) is 14.9 Å². The Hall–Kier alpha value is -4.44. The van der Waals surface area contributed by atoms with Crippen LogP contribution < -0.4 is 10.6 Å². The smallest absolute Gasteiger partial charge is 0.323 e. The molecule has 0 bridgehead atoms. The molecule has 1 fully saturated rings. The lowest BCUT2D eigenvalue weighted by Gasteiger charge is -2.43. The Morgan fingerprint density at radius 3 is 2.42 bits per heavy atom. The molecule has 2 unspecified atom stereocenters. The number of benzene rings is 3. The maximum atomic E-state index is 14.0. The van der Waals surface area contributed by atoms with Gasteiger partial charge in [-0.05, 0) is 55.3 Å². The summed E-state index contributed by atoms with van der Waals surface area (Å²) in [7, 11) is 0. The van der Waals surface area contributed by atoms with Gasteiger partial charge in [-0.3, -0.25) is 19.3 Å². The molecule has 4 rings (SSSR count).